The van der Waals surface area contributed by atoms with Crippen LogP contribution >= 0.6 is 0 Å². The number of benzene rings is 3. The van der Waals surface area contributed by atoms with Crippen LogP contribution in [0.15, 0.2) is 169 Å². The minimum absolute atomic E-state index is 0.102. The summed E-state index contributed by atoms with van der Waals surface area (Å²) < 4.78 is 2.48. The zero-order valence-electron chi connectivity index (χ0n) is 38.1. The maximum absolute atomic E-state index is 5.18. The summed E-state index contributed by atoms with van der Waals surface area (Å²) in [5.74, 6) is 1.58. The molecule has 5 heteroatoms. The molecule has 3 atom stereocenters. The highest BCUT2D eigenvalue weighted by Crippen LogP contribution is 2.48. The Hall–Kier alpha value is -6.46. The lowest BCUT2D eigenvalue weighted by atomic mass is 9.96. The Morgan fingerprint density at radius 3 is 2.31 bits per heavy atom. The van der Waals surface area contributed by atoms with Gasteiger partial charge < -0.3 is 14.8 Å². The van der Waals surface area contributed by atoms with Gasteiger partial charge in [-0.15, -0.1) is 0 Å². The molecule has 2 unspecified atom stereocenters. The Balaban J connectivity index is 0.00000156. The van der Waals surface area contributed by atoms with Crippen LogP contribution in [-0.2, 0) is 12.8 Å². The first-order valence-electron chi connectivity index (χ1n) is 22.8. The minimum Gasteiger partial charge on any atom is -0.356 e. The topological polar surface area (TPSA) is 45.5 Å². The number of rotatable bonds is 11. The predicted octanol–water partition coefficient (Wildman–Crippen LogP) is 15.3. The van der Waals surface area contributed by atoms with Gasteiger partial charge in [-0.1, -0.05) is 183 Å². The summed E-state index contributed by atoms with van der Waals surface area (Å²) in [5.41, 5.74) is 15.1. The third-order valence-corrected chi connectivity index (χ3v) is 11.5. The first-order chi connectivity index (χ1) is 30.5. The number of pyridine rings is 1. The van der Waals surface area contributed by atoms with E-state index in [0.717, 1.165) is 65.4 Å². The summed E-state index contributed by atoms with van der Waals surface area (Å²) in [6, 6.07) is 31.9. The third kappa shape index (κ3) is 9.68. The van der Waals surface area contributed by atoms with Crippen LogP contribution in [-0.4, -0.2) is 15.3 Å². The zero-order valence-corrected chi connectivity index (χ0v) is 38.1. The summed E-state index contributed by atoms with van der Waals surface area (Å²) >= 11 is 0. The van der Waals surface area contributed by atoms with Gasteiger partial charge in [-0.3, -0.25) is 0 Å². The molecule has 8 rings (SSSR count). The van der Waals surface area contributed by atoms with Crippen molar-refractivity contribution >= 4 is 35.1 Å². The molecule has 318 valence electrons. The number of allylic oxidation sites excluding steroid dienone is 9. The molecule has 3 aromatic carbocycles. The number of aliphatic imine (C=N–C) groups is 1. The SMILES string of the molecule is C=CC(=N/C(=C\C(C)c1ccc(C2Nc3c(-n4c5c(c(CC)c4/C=C\C)CC[C@H](C)C=C5)ccnc3N2C2=CC=CC=CC2)cc1)c1ccccc1)c1ccccc1.CC.CC. The van der Waals surface area contributed by atoms with Crippen LogP contribution in [0.2, 0.25) is 0 Å². The van der Waals surface area contributed by atoms with Crippen LogP contribution < -0.4 is 10.2 Å². The van der Waals surface area contributed by atoms with Gasteiger partial charge in [0, 0.05) is 41.2 Å². The summed E-state index contributed by atoms with van der Waals surface area (Å²) in [6.45, 7) is 21.1. The highest BCUT2D eigenvalue weighted by atomic mass is 15.4. The number of hydrogen-bond donors (Lipinski definition) is 1. The van der Waals surface area contributed by atoms with E-state index in [2.05, 4.69) is 177 Å². The fraction of sp³-hybridized carbons (Fsp3) is 0.263. The Morgan fingerprint density at radius 1 is 0.919 bits per heavy atom. The van der Waals surface area contributed by atoms with Crippen molar-refractivity contribution in [2.75, 3.05) is 10.2 Å². The maximum Gasteiger partial charge on any atom is 0.160 e. The largest absolute Gasteiger partial charge is 0.356 e. The van der Waals surface area contributed by atoms with E-state index in [1.54, 1.807) is 0 Å². The smallest absolute Gasteiger partial charge is 0.160 e. The Kier molecular flexibility index (Phi) is 15.9. The molecule has 3 aliphatic rings. The Morgan fingerprint density at radius 2 is 1.63 bits per heavy atom. The van der Waals surface area contributed by atoms with Gasteiger partial charge >= 0.3 is 0 Å². The van der Waals surface area contributed by atoms with Gasteiger partial charge in [0.15, 0.2) is 5.82 Å². The average molecular weight is 820 g/mol. The van der Waals surface area contributed by atoms with Gasteiger partial charge in [0.25, 0.3) is 0 Å². The van der Waals surface area contributed by atoms with Crippen molar-refractivity contribution in [2.45, 2.75) is 93.2 Å². The summed E-state index contributed by atoms with van der Waals surface area (Å²) in [7, 11) is 0. The van der Waals surface area contributed by atoms with Crippen LogP contribution in [0.5, 0.6) is 0 Å². The summed E-state index contributed by atoms with van der Waals surface area (Å²) in [5, 5.41) is 4.03. The van der Waals surface area contributed by atoms with Crippen molar-refractivity contribution in [3.8, 4) is 5.69 Å². The lowest BCUT2D eigenvalue weighted by molar-refractivity contribution is 0.653. The van der Waals surface area contributed by atoms with Gasteiger partial charge in [-0.2, -0.15) is 0 Å². The zero-order chi connectivity index (χ0) is 44.0. The standard InChI is InChI=1S/C53H53N5.2C2H6/c1-6-19-48-44(7-2)45-32-26-37(4)27-33-49(45)58(48)50-34-35-54-53-51(50)56-52(57(53)43-24-17-9-10-18-25-43)42-30-28-39(29-31-42)38(5)36-47(41-22-15-12-16-23-41)55-46(8-3)40-20-13-11-14-21-40;2*1-2/h6,8-24,27-31,33-38,52,56H,3,7,25-26,32H2,1-2,4-5H3;2*1-2H3/b19-6-,47-36-,55-46?;;/t37-,38?,52?;;/m0../s1. The molecule has 1 aliphatic heterocycles. The molecule has 62 heavy (non-hydrogen) atoms. The van der Waals surface area contributed by atoms with E-state index in [-0.39, 0.29) is 12.1 Å². The molecule has 3 heterocycles. The Labute approximate surface area is 372 Å². The van der Waals surface area contributed by atoms with Gasteiger partial charge in [-0.05, 0) is 90.3 Å². The van der Waals surface area contributed by atoms with Crippen molar-refractivity contribution in [1.82, 2.24) is 9.55 Å². The molecule has 0 radical (unpaired) electrons. The molecule has 0 spiro atoms. The maximum atomic E-state index is 5.18. The first kappa shape index (κ1) is 45.1. The molecular formula is C57H65N5. The summed E-state index contributed by atoms with van der Waals surface area (Å²) in [4.78, 5) is 12.7. The number of nitrogens with zero attached hydrogens (tertiary/aromatic N) is 4. The van der Waals surface area contributed by atoms with Crippen molar-refractivity contribution in [3.05, 3.63) is 209 Å². The molecule has 0 fully saturated rings. The minimum atomic E-state index is -0.152. The molecular weight excluding hydrogens is 755 g/mol. The van der Waals surface area contributed by atoms with E-state index in [0.29, 0.717) is 5.92 Å². The number of hydrogen-bond acceptors (Lipinski definition) is 4. The first-order valence-corrected chi connectivity index (χ1v) is 22.8. The molecule has 0 amide bonds. The van der Waals surface area contributed by atoms with Gasteiger partial charge in [0.1, 0.15) is 11.9 Å². The number of aromatic nitrogens is 2. The van der Waals surface area contributed by atoms with E-state index in [1.165, 1.54) is 39.3 Å². The molecule has 0 bridgehead atoms. The Bertz CT molecular complexity index is 2490. The number of nitrogens with one attached hydrogen (secondary N) is 1. The monoisotopic (exact) mass is 820 g/mol. The second-order valence-corrected chi connectivity index (χ2v) is 15.4. The molecule has 5 nitrogen and oxygen atoms in total. The van der Waals surface area contributed by atoms with Crippen molar-refractivity contribution in [3.63, 3.8) is 0 Å². The quantitative estimate of drug-likeness (QED) is 0.135. The van der Waals surface area contributed by atoms with E-state index < -0.39 is 0 Å². The van der Waals surface area contributed by atoms with Crippen molar-refractivity contribution < 1.29 is 0 Å². The van der Waals surface area contributed by atoms with E-state index >= 15 is 0 Å². The fourth-order valence-electron chi connectivity index (χ4n) is 8.51. The predicted molar refractivity (Wildman–Crippen MR) is 269 cm³/mol. The van der Waals surface area contributed by atoms with Crippen LogP contribution in [0.1, 0.15) is 125 Å². The van der Waals surface area contributed by atoms with Gasteiger partial charge in [-0.25, -0.2) is 9.98 Å². The van der Waals surface area contributed by atoms with E-state index in [9.17, 15) is 0 Å². The lowest BCUT2D eigenvalue weighted by Gasteiger charge is -2.28. The van der Waals surface area contributed by atoms with Crippen LogP contribution in [0, 0.1) is 5.92 Å². The second-order valence-electron chi connectivity index (χ2n) is 15.4. The average Bonchev–Trinajstić information content (AvgIpc) is 3.62. The van der Waals surface area contributed by atoms with Crippen LogP contribution in [0.3, 0.4) is 0 Å². The van der Waals surface area contributed by atoms with Gasteiger partial charge in [0.05, 0.1) is 17.1 Å². The number of anilines is 2. The molecule has 1 N–H and O–H groups in total. The summed E-state index contributed by atoms with van der Waals surface area (Å²) in [6.07, 6.45) is 30.0. The highest BCUT2D eigenvalue weighted by Gasteiger charge is 2.36. The van der Waals surface area contributed by atoms with Crippen molar-refractivity contribution in [2.24, 2.45) is 10.9 Å². The fourth-order valence-corrected chi connectivity index (χ4v) is 8.51. The molecule has 2 aliphatic carbocycles. The second kappa shape index (κ2) is 21.9. The van der Waals surface area contributed by atoms with E-state index in [1.807, 2.05) is 64.2 Å². The highest BCUT2D eigenvalue weighted by molar-refractivity contribution is 6.10. The third-order valence-electron chi connectivity index (χ3n) is 11.5. The number of fused-ring (bicyclic) bond motifs is 2. The normalized spacial score (nSPS) is 17.4. The molecule has 0 saturated carbocycles. The lowest BCUT2D eigenvalue weighted by Crippen LogP contribution is -2.27. The van der Waals surface area contributed by atoms with Gasteiger partial charge in [0.2, 0.25) is 0 Å². The molecule has 5 aromatic rings. The molecule has 0 saturated heterocycles. The van der Waals surface area contributed by atoms with Crippen LogP contribution in [0.4, 0.5) is 11.5 Å². The van der Waals surface area contributed by atoms with Crippen molar-refractivity contribution in [1.29, 1.82) is 0 Å². The molecule has 2 aromatic heterocycles. The van der Waals surface area contributed by atoms with Crippen LogP contribution in [0.25, 0.3) is 23.5 Å². The van der Waals surface area contributed by atoms with E-state index in [4.69, 9.17) is 9.98 Å².